The van der Waals surface area contributed by atoms with Crippen LogP contribution in [0.1, 0.15) is 5.56 Å². The van der Waals surface area contributed by atoms with Gasteiger partial charge < -0.3 is 15.4 Å². The summed E-state index contributed by atoms with van der Waals surface area (Å²) in [6.45, 7) is 0.0238. The molecule has 0 saturated carbocycles. The number of H-pyrrole nitrogens is 1. The SMILES string of the molecule is OC[C@H](Cc1c[nH]c2ccccc12)Nc1ncncc1Br. The maximum atomic E-state index is 9.62. The van der Waals surface area contributed by atoms with Gasteiger partial charge in [-0.25, -0.2) is 9.97 Å². The van der Waals surface area contributed by atoms with Crippen LogP contribution in [0.2, 0.25) is 0 Å². The summed E-state index contributed by atoms with van der Waals surface area (Å²) in [5, 5.41) is 14.0. The van der Waals surface area contributed by atoms with E-state index >= 15 is 0 Å². The van der Waals surface area contributed by atoms with E-state index in [1.54, 1.807) is 6.20 Å². The number of hydrogen-bond acceptors (Lipinski definition) is 4. The summed E-state index contributed by atoms with van der Waals surface area (Å²) in [5.41, 5.74) is 2.27. The molecule has 0 saturated heterocycles. The molecule has 0 aliphatic rings. The van der Waals surface area contributed by atoms with Crippen LogP contribution in [0.25, 0.3) is 10.9 Å². The lowest BCUT2D eigenvalue weighted by atomic mass is 10.1. The van der Waals surface area contributed by atoms with Gasteiger partial charge in [-0.2, -0.15) is 0 Å². The van der Waals surface area contributed by atoms with Crippen molar-refractivity contribution in [2.24, 2.45) is 0 Å². The van der Waals surface area contributed by atoms with Gasteiger partial charge in [0.05, 0.1) is 17.1 Å². The van der Waals surface area contributed by atoms with Gasteiger partial charge in [0.25, 0.3) is 0 Å². The van der Waals surface area contributed by atoms with Gasteiger partial charge >= 0.3 is 0 Å². The van der Waals surface area contributed by atoms with Crippen molar-refractivity contribution < 1.29 is 5.11 Å². The number of anilines is 1. The predicted octanol–water partition coefficient (Wildman–Crippen LogP) is 2.74. The Balaban J connectivity index is 1.80. The Morgan fingerprint density at radius 2 is 2.19 bits per heavy atom. The minimum atomic E-state index is -0.115. The molecule has 5 nitrogen and oxygen atoms in total. The Morgan fingerprint density at radius 1 is 1.33 bits per heavy atom. The number of halogens is 1. The second-order valence-corrected chi connectivity index (χ2v) is 5.66. The lowest BCUT2D eigenvalue weighted by Crippen LogP contribution is -2.27. The molecule has 0 bridgehead atoms. The Bertz CT molecular complexity index is 743. The zero-order valence-corrected chi connectivity index (χ0v) is 12.8. The van der Waals surface area contributed by atoms with Crippen molar-refractivity contribution >= 4 is 32.7 Å². The van der Waals surface area contributed by atoms with Gasteiger partial charge in [0.2, 0.25) is 0 Å². The van der Waals surface area contributed by atoms with Gasteiger partial charge in [-0.15, -0.1) is 0 Å². The summed E-state index contributed by atoms with van der Waals surface area (Å²) in [4.78, 5) is 11.3. The molecule has 0 amide bonds. The molecule has 108 valence electrons. The topological polar surface area (TPSA) is 73.8 Å². The number of fused-ring (bicyclic) bond motifs is 1. The van der Waals surface area contributed by atoms with E-state index in [0.717, 1.165) is 9.99 Å². The molecule has 0 aliphatic heterocycles. The minimum absolute atomic E-state index is 0.0238. The number of aromatic amines is 1. The molecule has 3 N–H and O–H groups in total. The molecule has 0 unspecified atom stereocenters. The molecule has 1 atom stereocenters. The van der Waals surface area contributed by atoms with E-state index in [9.17, 15) is 5.11 Å². The monoisotopic (exact) mass is 346 g/mol. The molecule has 0 spiro atoms. The van der Waals surface area contributed by atoms with Crippen molar-refractivity contribution in [1.82, 2.24) is 15.0 Å². The molecule has 21 heavy (non-hydrogen) atoms. The van der Waals surface area contributed by atoms with Gasteiger partial charge in [-0.1, -0.05) is 18.2 Å². The summed E-state index contributed by atoms with van der Waals surface area (Å²) in [6, 6.07) is 8.03. The molecule has 3 aromatic rings. The van der Waals surface area contributed by atoms with Crippen molar-refractivity contribution in [2.45, 2.75) is 12.5 Å². The van der Waals surface area contributed by atoms with Gasteiger partial charge in [-0.05, 0) is 34.0 Å². The van der Waals surface area contributed by atoms with Crippen molar-refractivity contribution in [3.8, 4) is 0 Å². The number of aromatic nitrogens is 3. The van der Waals surface area contributed by atoms with Gasteiger partial charge in [0, 0.05) is 23.3 Å². The van der Waals surface area contributed by atoms with E-state index in [-0.39, 0.29) is 12.6 Å². The van der Waals surface area contributed by atoms with Gasteiger partial charge in [0.1, 0.15) is 12.1 Å². The lowest BCUT2D eigenvalue weighted by molar-refractivity contribution is 0.273. The molecular formula is C15H15BrN4O. The lowest BCUT2D eigenvalue weighted by Gasteiger charge is -2.17. The molecule has 0 fully saturated rings. The van der Waals surface area contributed by atoms with Crippen LogP contribution in [0.3, 0.4) is 0 Å². The van der Waals surface area contributed by atoms with Crippen LogP contribution in [0.15, 0.2) is 47.5 Å². The first-order valence-electron chi connectivity index (χ1n) is 6.66. The summed E-state index contributed by atoms with van der Waals surface area (Å²) < 4.78 is 0.780. The third-order valence-electron chi connectivity index (χ3n) is 3.37. The van der Waals surface area contributed by atoms with E-state index in [0.29, 0.717) is 12.2 Å². The predicted molar refractivity (Wildman–Crippen MR) is 86.2 cm³/mol. The smallest absolute Gasteiger partial charge is 0.144 e. The van der Waals surface area contributed by atoms with Crippen molar-refractivity contribution in [1.29, 1.82) is 0 Å². The molecule has 0 aliphatic carbocycles. The second-order valence-electron chi connectivity index (χ2n) is 4.81. The number of hydrogen-bond donors (Lipinski definition) is 3. The Hall–Kier alpha value is -1.92. The largest absolute Gasteiger partial charge is 0.394 e. The van der Waals surface area contributed by atoms with Gasteiger partial charge in [0.15, 0.2) is 0 Å². The Morgan fingerprint density at radius 3 is 3.00 bits per heavy atom. The zero-order valence-electron chi connectivity index (χ0n) is 11.3. The van der Waals surface area contributed by atoms with E-state index < -0.39 is 0 Å². The number of aliphatic hydroxyl groups is 1. The van der Waals surface area contributed by atoms with Crippen LogP contribution >= 0.6 is 15.9 Å². The standard InChI is InChI=1S/C15H15BrN4O/c16-13-7-17-9-19-15(13)20-11(8-21)5-10-6-18-14-4-2-1-3-12(10)14/h1-4,6-7,9,11,18,21H,5,8H2,(H,17,19,20)/t11-/m0/s1. The number of nitrogens with zero attached hydrogens (tertiary/aromatic N) is 2. The van der Waals surface area contributed by atoms with E-state index in [4.69, 9.17) is 0 Å². The van der Waals surface area contributed by atoms with E-state index in [2.05, 4.69) is 42.3 Å². The summed E-state index contributed by atoms with van der Waals surface area (Å²) in [6.07, 6.45) is 5.85. The number of benzene rings is 1. The Kier molecular flexibility index (Phi) is 4.17. The molecule has 6 heteroatoms. The van der Waals surface area contributed by atoms with Crippen LogP contribution in [-0.2, 0) is 6.42 Å². The van der Waals surface area contributed by atoms with Crippen LogP contribution in [0.5, 0.6) is 0 Å². The molecular weight excluding hydrogens is 332 g/mol. The molecule has 2 heterocycles. The average Bonchev–Trinajstić information content (AvgIpc) is 2.92. The fourth-order valence-electron chi connectivity index (χ4n) is 2.34. The van der Waals surface area contributed by atoms with Crippen molar-refractivity contribution in [2.75, 3.05) is 11.9 Å². The third-order valence-corrected chi connectivity index (χ3v) is 3.95. The highest BCUT2D eigenvalue weighted by molar-refractivity contribution is 9.10. The van der Waals surface area contributed by atoms with Gasteiger partial charge in [-0.3, -0.25) is 0 Å². The number of aliphatic hydroxyl groups excluding tert-OH is 1. The van der Waals surface area contributed by atoms with E-state index in [1.165, 1.54) is 17.3 Å². The highest BCUT2D eigenvalue weighted by Gasteiger charge is 2.13. The fraction of sp³-hybridized carbons (Fsp3) is 0.200. The Labute approximate surface area is 130 Å². The molecule has 1 aromatic carbocycles. The molecule has 2 aromatic heterocycles. The quantitative estimate of drug-likeness (QED) is 0.664. The van der Waals surface area contributed by atoms with Crippen LogP contribution in [-0.4, -0.2) is 32.7 Å². The molecule has 0 radical (unpaired) electrons. The van der Waals surface area contributed by atoms with Crippen LogP contribution in [0, 0.1) is 0 Å². The number of rotatable bonds is 5. The number of nitrogens with one attached hydrogen (secondary N) is 2. The second kappa shape index (κ2) is 6.24. The van der Waals surface area contributed by atoms with Crippen molar-refractivity contribution in [3.05, 3.63) is 53.0 Å². The maximum absolute atomic E-state index is 9.62. The normalized spacial score (nSPS) is 12.5. The summed E-state index contributed by atoms with van der Waals surface area (Å²) in [5.74, 6) is 0.684. The first-order chi connectivity index (χ1) is 10.3. The first-order valence-corrected chi connectivity index (χ1v) is 7.45. The van der Waals surface area contributed by atoms with Crippen LogP contribution < -0.4 is 5.32 Å². The average molecular weight is 347 g/mol. The minimum Gasteiger partial charge on any atom is -0.394 e. The maximum Gasteiger partial charge on any atom is 0.144 e. The van der Waals surface area contributed by atoms with E-state index in [1.807, 2.05) is 24.4 Å². The third kappa shape index (κ3) is 3.06. The summed E-state index contributed by atoms with van der Waals surface area (Å²) >= 11 is 3.40. The highest BCUT2D eigenvalue weighted by atomic mass is 79.9. The fourth-order valence-corrected chi connectivity index (χ4v) is 2.67. The molecule has 3 rings (SSSR count). The van der Waals surface area contributed by atoms with Crippen LogP contribution in [0.4, 0.5) is 5.82 Å². The first kappa shape index (κ1) is 14.0. The zero-order chi connectivity index (χ0) is 14.7. The summed E-state index contributed by atoms with van der Waals surface area (Å²) in [7, 11) is 0. The number of para-hydroxylation sites is 1. The van der Waals surface area contributed by atoms with Crippen molar-refractivity contribution in [3.63, 3.8) is 0 Å². The highest BCUT2D eigenvalue weighted by Crippen LogP contribution is 2.22.